The maximum absolute atomic E-state index is 13.0. The van der Waals surface area contributed by atoms with Crippen molar-refractivity contribution in [2.75, 3.05) is 13.7 Å². The number of alkyl carbamates (subject to hydrolysis) is 1. The van der Waals surface area contributed by atoms with Crippen molar-refractivity contribution < 1.29 is 24.2 Å². The van der Waals surface area contributed by atoms with Crippen LogP contribution in [-0.4, -0.2) is 58.7 Å². The highest BCUT2D eigenvalue weighted by atomic mass is 16.5. The van der Waals surface area contributed by atoms with Crippen LogP contribution in [0.3, 0.4) is 0 Å². The number of carboxylic acids is 1. The summed E-state index contributed by atoms with van der Waals surface area (Å²) >= 11 is 0. The Hall–Kier alpha value is -4.07. The van der Waals surface area contributed by atoms with E-state index in [-0.39, 0.29) is 18.9 Å². The minimum absolute atomic E-state index is 0.106. The van der Waals surface area contributed by atoms with E-state index in [9.17, 15) is 19.5 Å². The van der Waals surface area contributed by atoms with Crippen LogP contribution in [0.5, 0.6) is 0 Å². The fourth-order valence-electron chi connectivity index (χ4n) is 4.30. The molecular weight excluding hydrogens is 434 g/mol. The second-order valence-corrected chi connectivity index (χ2v) is 8.39. The van der Waals surface area contributed by atoms with Gasteiger partial charge in [0.25, 0.3) is 0 Å². The monoisotopic (exact) mass is 461 g/mol. The second kappa shape index (κ2) is 9.82. The van der Waals surface area contributed by atoms with E-state index in [4.69, 9.17) is 4.74 Å². The van der Waals surface area contributed by atoms with Gasteiger partial charge in [-0.05, 0) is 41.3 Å². The van der Waals surface area contributed by atoms with E-state index < -0.39 is 30.1 Å². The summed E-state index contributed by atoms with van der Waals surface area (Å²) in [4.78, 5) is 41.2. The zero-order valence-electron chi connectivity index (χ0n) is 19.0. The Bertz CT molecular complexity index is 1150. The number of H-pyrrole nitrogens is 1. The van der Waals surface area contributed by atoms with Crippen molar-refractivity contribution in [2.24, 2.45) is 0 Å². The normalized spacial score (nSPS) is 13.9. The Morgan fingerprint density at radius 1 is 1.03 bits per heavy atom. The zero-order chi connectivity index (χ0) is 24.2. The SMILES string of the molecule is C[C@@H](C(=O)O)N(C)C(=O)C(Cc1ccc[nH]1)NC(=O)OCC1c2ccccc2-c2ccccc21. The van der Waals surface area contributed by atoms with Gasteiger partial charge >= 0.3 is 12.1 Å². The maximum atomic E-state index is 13.0. The van der Waals surface area contributed by atoms with E-state index in [1.165, 1.54) is 14.0 Å². The molecule has 8 heteroatoms. The van der Waals surface area contributed by atoms with Crippen molar-refractivity contribution in [3.05, 3.63) is 83.7 Å². The van der Waals surface area contributed by atoms with Gasteiger partial charge in [0.1, 0.15) is 18.7 Å². The molecule has 1 aliphatic rings. The molecule has 0 bridgehead atoms. The van der Waals surface area contributed by atoms with Gasteiger partial charge in [-0.2, -0.15) is 0 Å². The predicted molar refractivity (Wildman–Crippen MR) is 126 cm³/mol. The lowest BCUT2D eigenvalue weighted by atomic mass is 9.98. The summed E-state index contributed by atoms with van der Waals surface area (Å²) in [7, 11) is 1.40. The number of hydrogen-bond acceptors (Lipinski definition) is 4. The fourth-order valence-corrected chi connectivity index (χ4v) is 4.30. The number of aliphatic carboxylic acids is 1. The topological polar surface area (TPSA) is 112 Å². The first-order valence-corrected chi connectivity index (χ1v) is 11.1. The fraction of sp³-hybridized carbons (Fsp3) is 0.269. The van der Waals surface area contributed by atoms with E-state index in [0.29, 0.717) is 0 Å². The molecule has 0 spiro atoms. The molecule has 34 heavy (non-hydrogen) atoms. The quantitative estimate of drug-likeness (QED) is 0.476. The molecule has 2 amide bonds. The summed E-state index contributed by atoms with van der Waals surface area (Å²) in [6.07, 6.45) is 1.16. The minimum Gasteiger partial charge on any atom is -0.480 e. The van der Waals surface area contributed by atoms with Crippen molar-refractivity contribution in [3.63, 3.8) is 0 Å². The summed E-state index contributed by atoms with van der Waals surface area (Å²) < 4.78 is 5.58. The molecule has 2 aromatic carbocycles. The first kappa shape index (κ1) is 23.1. The van der Waals surface area contributed by atoms with Crippen LogP contribution in [-0.2, 0) is 20.7 Å². The summed E-state index contributed by atoms with van der Waals surface area (Å²) in [5.74, 6) is -1.75. The summed E-state index contributed by atoms with van der Waals surface area (Å²) in [5.41, 5.74) is 5.15. The van der Waals surface area contributed by atoms with E-state index in [2.05, 4.69) is 22.4 Å². The number of likely N-dealkylation sites (N-methyl/N-ethyl adjacent to an activating group) is 1. The number of fused-ring (bicyclic) bond motifs is 3. The Labute approximate surface area is 197 Å². The van der Waals surface area contributed by atoms with Crippen molar-refractivity contribution in [1.82, 2.24) is 15.2 Å². The van der Waals surface area contributed by atoms with Gasteiger partial charge in [-0.25, -0.2) is 9.59 Å². The smallest absolute Gasteiger partial charge is 0.407 e. The lowest BCUT2D eigenvalue weighted by Gasteiger charge is -2.27. The van der Waals surface area contributed by atoms with Gasteiger partial charge in [0.2, 0.25) is 5.91 Å². The van der Waals surface area contributed by atoms with Gasteiger partial charge in [0.15, 0.2) is 0 Å². The van der Waals surface area contributed by atoms with Crippen LogP contribution in [0.2, 0.25) is 0 Å². The number of benzene rings is 2. The Morgan fingerprint density at radius 3 is 2.21 bits per heavy atom. The minimum atomic E-state index is -1.13. The number of nitrogens with zero attached hydrogens (tertiary/aromatic N) is 1. The van der Waals surface area contributed by atoms with Crippen molar-refractivity contribution >= 4 is 18.0 Å². The predicted octanol–water partition coefficient (Wildman–Crippen LogP) is 3.40. The summed E-state index contributed by atoms with van der Waals surface area (Å²) in [6, 6.07) is 17.6. The number of ether oxygens (including phenoxy) is 1. The van der Waals surface area contributed by atoms with Crippen LogP contribution in [0.25, 0.3) is 11.1 Å². The van der Waals surface area contributed by atoms with Gasteiger partial charge in [0, 0.05) is 31.3 Å². The van der Waals surface area contributed by atoms with E-state index in [1.54, 1.807) is 18.3 Å². The largest absolute Gasteiger partial charge is 0.480 e. The lowest BCUT2D eigenvalue weighted by Crippen LogP contribution is -2.52. The van der Waals surface area contributed by atoms with Crippen molar-refractivity contribution in [1.29, 1.82) is 0 Å². The number of amides is 2. The molecule has 3 N–H and O–H groups in total. The average Bonchev–Trinajstić information content (AvgIpc) is 3.47. The van der Waals surface area contributed by atoms with Crippen LogP contribution in [0.15, 0.2) is 66.9 Å². The molecule has 176 valence electrons. The number of aromatic nitrogens is 1. The van der Waals surface area contributed by atoms with Gasteiger partial charge in [-0.1, -0.05) is 48.5 Å². The number of carbonyl (C=O) groups is 3. The van der Waals surface area contributed by atoms with Crippen molar-refractivity contribution in [3.8, 4) is 11.1 Å². The van der Waals surface area contributed by atoms with Crippen LogP contribution < -0.4 is 5.32 Å². The molecule has 1 aliphatic carbocycles. The average molecular weight is 462 g/mol. The molecule has 1 heterocycles. The third kappa shape index (κ3) is 4.66. The molecule has 2 atom stereocenters. The zero-order valence-corrected chi connectivity index (χ0v) is 19.0. The molecule has 8 nitrogen and oxygen atoms in total. The molecule has 0 radical (unpaired) electrons. The molecule has 0 fully saturated rings. The molecule has 0 aliphatic heterocycles. The lowest BCUT2D eigenvalue weighted by molar-refractivity contribution is -0.148. The molecule has 0 saturated carbocycles. The van der Waals surface area contributed by atoms with Gasteiger partial charge in [-0.15, -0.1) is 0 Å². The molecule has 4 rings (SSSR count). The standard InChI is InChI=1S/C26H27N3O5/c1-16(25(31)32)29(2)24(30)23(14-17-8-7-13-27-17)28-26(33)34-15-22-20-11-5-3-9-18(20)19-10-4-6-12-21(19)22/h3-13,16,22-23,27H,14-15H2,1-2H3,(H,28,33)(H,31,32)/t16-,23?/m0/s1. The van der Waals surface area contributed by atoms with Crippen LogP contribution in [0.4, 0.5) is 4.79 Å². The van der Waals surface area contributed by atoms with Crippen LogP contribution in [0, 0.1) is 0 Å². The second-order valence-electron chi connectivity index (χ2n) is 8.39. The molecule has 0 saturated heterocycles. The van der Waals surface area contributed by atoms with Crippen LogP contribution >= 0.6 is 0 Å². The number of rotatable bonds is 8. The first-order chi connectivity index (χ1) is 16.4. The highest BCUT2D eigenvalue weighted by Crippen LogP contribution is 2.44. The number of hydrogen-bond donors (Lipinski definition) is 3. The van der Waals surface area contributed by atoms with Gasteiger partial charge in [0.05, 0.1) is 0 Å². The highest BCUT2D eigenvalue weighted by molar-refractivity contribution is 5.89. The maximum Gasteiger partial charge on any atom is 0.407 e. The number of aromatic amines is 1. The Morgan fingerprint density at radius 2 is 1.65 bits per heavy atom. The first-order valence-electron chi connectivity index (χ1n) is 11.1. The van der Waals surface area contributed by atoms with E-state index in [0.717, 1.165) is 32.8 Å². The molecule has 1 aromatic heterocycles. The molecular formula is C26H27N3O5. The molecule has 3 aromatic rings. The highest BCUT2D eigenvalue weighted by Gasteiger charge is 2.32. The number of carboxylic acid groups (broad SMARTS) is 1. The van der Waals surface area contributed by atoms with E-state index >= 15 is 0 Å². The summed E-state index contributed by atoms with van der Waals surface area (Å²) in [5, 5.41) is 11.9. The van der Waals surface area contributed by atoms with Gasteiger partial charge in [-0.3, -0.25) is 4.79 Å². The van der Waals surface area contributed by atoms with E-state index in [1.807, 2.05) is 36.4 Å². The number of carbonyl (C=O) groups excluding carboxylic acids is 2. The number of nitrogens with one attached hydrogen (secondary N) is 2. The van der Waals surface area contributed by atoms with Crippen molar-refractivity contribution in [2.45, 2.75) is 31.3 Å². The third-order valence-corrected chi connectivity index (χ3v) is 6.31. The molecule has 1 unspecified atom stereocenters. The summed E-state index contributed by atoms with van der Waals surface area (Å²) in [6.45, 7) is 1.53. The Kier molecular flexibility index (Phi) is 6.67. The van der Waals surface area contributed by atoms with Crippen LogP contribution in [0.1, 0.15) is 29.7 Å². The Balaban J connectivity index is 1.47. The third-order valence-electron chi connectivity index (χ3n) is 6.31. The van der Waals surface area contributed by atoms with Gasteiger partial charge < -0.3 is 25.0 Å².